The van der Waals surface area contributed by atoms with Gasteiger partial charge in [0.25, 0.3) is 0 Å². The highest BCUT2D eigenvalue weighted by Crippen LogP contribution is 2.16. The lowest BCUT2D eigenvalue weighted by Gasteiger charge is -2.08. The highest BCUT2D eigenvalue weighted by Gasteiger charge is 2.04. The van der Waals surface area contributed by atoms with E-state index in [1.807, 2.05) is 0 Å². The molecule has 0 aliphatic carbocycles. The largest absolute Gasteiger partial charge is 0.123 e. The summed E-state index contributed by atoms with van der Waals surface area (Å²) < 4.78 is 1.13. The Bertz CT molecular complexity index is 256. The van der Waals surface area contributed by atoms with Crippen LogP contribution in [0.5, 0.6) is 0 Å². The standard InChI is InChI=1S/C12H16BrCl/c1-2-3-4-12(14)9-10-5-7-11(13)8-6-10/h5-8,12H,2-4,9H2,1H3. The van der Waals surface area contributed by atoms with Gasteiger partial charge in [0.2, 0.25) is 0 Å². The Morgan fingerprint density at radius 3 is 2.50 bits per heavy atom. The molecule has 1 atom stereocenters. The second kappa shape index (κ2) is 6.47. The van der Waals surface area contributed by atoms with Crippen LogP contribution in [-0.2, 0) is 6.42 Å². The fourth-order valence-electron chi connectivity index (χ4n) is 1.40. The fourth-order valence-corrected chi connectivity index (χ4v) is 2.00. The summed E-state index contributed by atoms with van der Waals surface area (Å²) in [5.74, 6) is 0. The maximum Gasteiger partial charge on any atom is 0.0376 e. The Balaban J connectivity index is 2.39. The predicted molar refractivity (Wildman–Crippen MR) is 67.0 cm³/mol. The van der Waals surface area contributed by atoms with Crippen molar-refractivity contribution in [1.82, 2.24) is 0 Å². The predicted octanol–water partition coefficient (Wildman–Crippen LogP) is 4.79. The van der Waals surface area contributed by atoms with Crippen LogP contribution in [0.2, 0.25) is 0 Å². The van der Waals surface area contributed by atoms with Crippen LogP contribution in [-0.4, -0.2) is 5.38 Å². The van der Waals surface area contributed by atoms with E-state index in [9.17, 15) is 0 Å². The topological polar surface area (TPSA) is 0 Å². The first-order valence-electron chi connectivity index (χ1n) is 5.11. The first kappa shape index (κ1) is 12.1. The Kier molecular flexibility index (Phi) is 5.57. The third-order valence-electron chi connectivity index (χ3n) is 2.24. The first-order valence-corrected chi connectivity index (χ1v) is 6.34. The minimum absolute atomic E-state index is 0.288. The molecule has 0 N–H and O–H groups in total. The molecule has 0 aliphatic heterocycles. The van der Waals surface area contributed by atoms with Gasteiger partial charge in [-0.1, -0.05) is 47.8 Å². The number of unbranched alkanes of at least 4 members (excludes halogenated alkanes) is 1. The lowest BCUT2D eigenvalue weighted by Crippen LogP contribution is -2.02. The van der Waals surface area contributed by atoms with Crippen molar-refractivity contribution in [3.63, 3.8) is 0 Å². The number of benzene rings is 1. The van der Waals surface area contributed by atoms with E-state index < -0.39 is 0 Å². The van der Waals surface area contributed by atoms with Crippen LogP contribution in [0.25, 0.3) is 0 Å². The van der Waals surface area contributed by atoms with E-state index in [0.29, 0.717) is 0 Å². The van der Waals surface area contributed by atoms with E-state index in [2.05, 4.69) is 47.1 Å². The zero-order chi connectivity index (χ0) is 10.4. The van der Waals surface area contributed by atoms with Gasteiger partial charge in [-0.3, -0.25) is 0 Å². The molecule has 78 valence electrons. The highest BCUT2D eigenvalue weighted by atomic mass is 79.9. The van der Waals surface area contributed by atoms with E-state index in [1.54, 1.807) is 0 Å². The smallest absolute Gasteiger partial charge is 0.0376 e. The minimum Gasteiger partial charge on any atom is -0.123 e. The summed E-state index contributed by atoms with van der Waals surface area (Å²) in [4.78, 5) is 0. The van der Waals surface area contributed by atoms with Crippen molar-refractivity contribution in [1.29, 1.82) is 0 Å². The summed E-state index contributed by atoms with van der Waals surface area (Å²) in [6, 6.07) is 8.40. The second-order valence-corrected chi connectivity index (χ2v) is 5.10. The average molecular weight is 276 g/mol. The molecule has 0 nitrogen and oxygen atoms in total. The Labute approximate surface area is 99.8 Å². The second-order valence-electron chi connectivity index (χ2n) is 3.57. The van der Waals surface area contributed by atoms with Gasteiger partial charge in [0.05, 0.1) is 0 Å². The quantitative estimate of drug-likeness (QED) is 0.678. The molecule has 14 heavy (non-hydrogen) atoms. The van der Waals surface area contributed by atoms with Gasteiger partial charge in [0, 0.05) is 9.85 Å². The molecule has 0 amide bonds. The van der Waals surface area contributed by atoms with Crippen LogP contribution in [0, 0.1) is 0 Å². The number of alkyl halides is 1. The summed E-state index contributed by atoms with van der Waals surface area (Å²) in [6.45, 7) is 2.20. The van der Waals surface area contributed by atoms with Crippen LogP contribution in [0.15, 0.2) is 28.7 Å². The molecule has 0 saturated carbocycles. The van der Waals surface area contributed by atoms with E-state index >= 15 is 0 Å². The number of hydrogen-bond donors (Lipinski definition) is 0. The molecule has 0 aliphatic rings. The zero-order valence-electron chi connectivity index (χ0n) is 8.47. The summed E-state index contributed by atoms with van der Waals surface area (Å²) in [6.07, 6.45) is 4.55. The third-order valence-corrected chi connectivity index (χ3v) is 3.14. The van der Waals surface area contributed by atoms with E-state index in [1.165, 1.54) is 18.4 Å². The van der Waals surface area contributed by atoms with Crippen molar-refractivity contribution in [3.8, 4) is 0 Å². The molecule has 2 heteroatoms. The average Bonchev–Trinajstić information content (AvgIpc) is 2.18. The Hall–Kier alpha value is -0.0100. The van der Waals surface area contributed by atoms with Crippen molar-refractivity contribution in [2.45, 2.75) is 38.0 Å². The Morgan fingerprint density at radius 2 is 1.93 bits per heavy atom. The van der Waals surface area contributed by atoms with Gasteiger partial charge in [-0.2, -0.15) is 0 Å². The molecule has 0 bridgehead atoms. The number of halogens is 2. The molecule has 1 aromatic carbocycles. The first-order chi connectivity index (χ1) is 6.72. The minimum atomic E-state index is 0.288. The molecule has 1 rings (SSSR count). The summed E-state index contributed by atoms with van der Waals surface area (Å²) in [5, 5.41) is 0.288. The summed E-state index contributed by atoms with van der Waals surface area (Å²) >= 11 is 9.64. The van der Waals surface area contributed by atoms with Crippen LogP contribution >= 0.6 is 27.5 Å². The van der Waals surface area contributed by atoms with E-state index in [4.69, 9.17) is 11.6 Å². The monoisotopic (exact) mass is 274 g/mol. The lowest BCUT2D eigenvalue weighted by molar-refractivity contribution is 0.674. The van der Waals surface area contributed by atoms with Crippen LogP contribution in [0.3, 0.4) is 0 Å². The molecular weight excluding hydrogens is 259 g/mol. The fraction of sp³-hybridized carbons (Fsp3) is 0.500. The molecule has 0 heterocycles. The summed E-state index contributed by atoms with van der Waals surface area (Å²) in [5.41, 5.74) is 1.32. The molecule has 0 saturated heterocycles. The molecule has 1 unspecified atom stereocenters. The maximum absolute atomic E-state index is 6.22. The maximum atomic E-state index is 6.22. The van der Waals surface area contributed by atoms with Gasteiger partial charge in [-0.25, -0.2) is 0 Å². The van der Waals surface area contributed by atoms with Crippen molar-refractivity contribution in [2.75, 3.05) is 0 Å². The van der Waals surface area contributed by atoms with Gasteiger partial charge >= 0.3 is 0 Å². The normalized spacial score (nSPS) is 12.8. The van der Waals surface area contributed by atoms with E-state index in [0.717, 1.165) is 17.3 Å². The van der Waals surface area contributed by atoms with Crippen molar-refractivity contribution in [3.05, 3.63) is 34.3 Å². The molecule has 0 aromatic heterocycles. The van der Waals surface area contributed by atoms with Crippen molar-refractivity contribution >= 4 is 27.5 Å². The van der Waals surface area contributed by atoms with E-state index in [-0.39, 0.29) is 5.38 Å². The van der Waals surface area contributed by atoms with Crippen LogP contribution in [0.4, 0.5) is 0 Å². The molecule has 0 spiro atoms. The van der Waals surface area contributed by atoms with Gasteiger partial charge in [0.1, 0.15) is 0 Å². The molecule has 0 fully saturated rings. The Morgan fingerprint density at radius 1 is 1.29 bits per heavy atom. The van der Waals surface area contributed by atoms with Gasteiger partial charge in [-0.15, -0.1) is 11.6 Å². The van der Waals surface area contributed by atoms with Gasteiger partial charge in [-0.05, 0) is 30.5 Å². The van der Waals surface area contributed by atoms with Crippen molar-refractivity contribution in [2.24, 2.45) is 0 Å². The molecular formula is C12H16BrCl. The molecule has 0 radical (unpaired) electrons. The number of hydrogen-bond acceptors (Lipinski definition) is 0. The van der Waals surface area contributed by atoms with Crippen LogP contribution in [0.1, 0.15) is 31.7 Å². The summed E-state index contributed by atoms with van der Waals surface area (Å²) in [7, 11) is 0. The zero-order valence-corrected chi connectivity index (χ0v) is 10.8. The third kappa shape index (κ3) is 4.47. The van der Waals surface area contributed by atoms with Crippen molar-refractivity contribution < 1.29 is 0 Å². The van der Waals surface area contributed by atoms with Gasteiger partial charge < -0.3 is 0 Å². The molecule has 1 aromatic rings. The SMILES string of the molecule is CCCCC(Cl)Cc1ccc(Br)cc1. The lowest BCUT2D eigenvalue weighted by atomic mass is 10.1. The van der Waals surface area contributed by atoms with Crippen LogP contribution < -0.4 is 0 Å². The van der Waals surface area contributed by atoms with Gasteiger partial charge in [0.15, 0.2) is 0 Å². The highest BCUT2D eigenvalue weighted by molar-refractivity contribution is 9.10. The number of rotatable bonds is 5.